The van der Waals surface area contributed by atoms with E-state index in [1.165, 1.54) is 0 Å². The van der Waals surface area contributed by atoms with Crippen LogP contribution in [0, 0.1) is 0 Å². The number of anilines is 1. The van der Waals surface area contributed by atoms with Gasteiger partial charge in [0.25, 0.3) is 0 Å². The normalized spacial score (nSPS) is 20.9. The van der Waals surface area contributed by atoms with Crippen LogP contribution in [0.2, 0.25) is 0 Å². The molecule has 0 amide bonds. The summed E-state index contributed by atoms with van der Waals surface area (Å²) in [5.74, 6) is 1.13. The average molecular weight is 230 g/mol. The summed E-state index contributed by atoms with van der Waals surface area (Å²) in [5, 5.41) is 4.08. The molecule has 1 aliphatic rings. The predicted molar refractivity (Wildman–Crippen MR) is 63.6 cm³/mol. The number of hydrogen-bond acceptors (Lipinski definition) is 4. The minimum absolute atomic E-state index is 0.221. The van der Waals surface area contributed by atoms with E-state index in [1.54, 1.807) is 10.7 Å². The SMILES string of the molecule is Nc1cc(C2CCCC(=O)C2)nc2ccnn12. The van der Waals surface area contributed by atoms with Crippen molar-refractivity contribution < 1.29 is 4.79 Å². The number of hydrogen-bond donors (Lipinski definition) is 1. The average Bonchev–Trinajstić information content (AvgIpc) is 2.77. The maximum absolute atomic E-state index is 11.5. The number of Topliss-reactive ketones (excluding diaryl/α,β-unsaturated/α-hetero) is 1. The Morgan fingerprint density at radius 2 is 2.35 bits per heavy atom. The van der Waals surface area contributed by atoms with Gasteiger partial charge in [0.1, 0.15) is 11.6 Å². The van der Waals surface area contributed by atoms with Crippen molar-refractivity contribution in [3.05, 3.63) is 24.0 Å². The quantitative estimate of drug-likeness (QED) is 0.806. The van der Waals surface area contributed by atoms with Gasteiger partial charge in [-0.25, -0.2) is 4.98 Å². The van der Waals surface area contributed by atoms with Crippen LogP contribution in [0.5, 0.6) is 0 Å². The molecule has 0 bridgehead atoms. The molecule has 0 spiro atoms. The van der Waals surface area contributed by atoms with Gasteiger partial charge in [0.2, 0.25) is 0 Å². The number of aromatic nitrogens is 3. The van der Waals surface area contributed by atoms with Crippen LogP contribution in [0.15, 0.2) is 18.3 Å². The molecule has 5 heteroatoms. The standard InChI is InChI=1S/C12H14N4O/c13-11-7-10(8-2-1-3-9(17)6-8)15-12-4-5-14-16(11)12/h4-5,7-8H,1-3,6,13H2. The van der Waals surface area contributed by atoms with Crippen molar-refractivity contribution in [3.8, 4) is 0 Å². The van der Waals surface area contributed by atoms with E-state index in [0.717, 1.165) is 24.2 Å². The first-order valence-electron chi connectivity index (χ1n) is 5.86. The summed E-state index contributed by atoms with van der Waals surface area (Å²) in [5.41, 5.74) is 7.59. The van der Waals surface area contributed by atoms with E-state index < -0.39 is 0 Å². The molecule has 0 aromatic carbocycles. The Kier molecular flexibility index (Phi) is 2.31. The number of nitrogens with two attached hydrogens (primary N) is 1. The van der Waals surface area contributed by atoms with Crippen molar-refractivity contribution in [2.75, 3.05) is 5.73 Å². The van der Waals surface area contributed by atoms with Crippen LogP contribution in [0.3, 0.4) is 0 Å². The fraction of sp³-hybridized carbons (Fsp3) is 0.417. The summed E-state index contributed by atoms with van der Waals surface area (Å²) in [6.45, 7) is 0. The maximum Gasteiger partial charge on any atom is 0.157 e. The first kappa shape index (κ1) is 10.3. The Morgan fingerprint density at radius 3 is 3.18 bits per heavy atom. The van der Waals surface area contributed by atoms with Crippen LogP contribution in [-0.4, -0.2) is 20.4 Å². The number of nitrogen functional groups attached to an aromatic ring is 1. The molecule has 2 aromatic heterocycles. The van der Waals surface area contributed by atoms with E-state index in [2.05, 4.69) is 10.1 Å². The highest BCUT2D eigenvalue weighted by Gasteiger charge is 2.22. The highest BCUT2D eigenvalue weighted by atomic mass is 16.1. The lowest BCUT2D eigenvalue weighted by molar-refractivity contribution is -0.120. The van der Waals surface area contributed by atoms with Gasteiger partial charge in [-0.3, -0.25) is 4.79 Å². The van der Waals surface area contributed by atoms with Crippen LogP contribution < -0.4 is 5.73 Å². The second-order valence-corrected chi connectivity index (χ2v) is 4.54. The lowest BCUT2D eigenvalue weighted by Gasteiger charge is -2.20. The zero-order valence-electron chi connectivity index (χ0n) is 9.47. The van der Waals surface area contributed by atoms with E-state index in [9.17, 15) is 4.79 Å². The molecule has 0 aliphatic heterocycles. The summed E-state index contributed by atoms with van der Waals surface area (Å²) in [4.78, 5) is 16.0. The molecule has 1 fully saturated rings. The highest BCUT2D eigenvalue weighted by Crippen LogP contribution is 2.30. The van der Waals surface area contributed by atoms with Crippen molar-refractivity contribution in [1.29, 1.82) is 0 Å². The van der Waals surface area contributed by atoms with Crippen LogP contribution in [0.4, 0.5) is 5.82 Å². The zero-order chi connectivity index (χ0) is 11.8. The summed E-state index contributed by atoms with van der Waals surface area (Å²) in [6.07, 6.45) is 4.95. The van der Waals surface area contributed by atoms with Crippen molar-refractivity contribution in [3.63, 3.8) is 0 Å². The van der Waals surface area contributed by atoms with E-state index in [-0.39, 0.29) is 5.92 Å². The fourth-order valence-electron chi connectivity index (χ4n) is 2.44. The van der Waals surface area contributed by atoms with Gasteiger partial charge < -0.3 is 5.73 Å². The molecular weight excluding hydrogens is 216 g/mol. The number of carbonyl (C=O) groups is 1. The highest BCUT2D eigenvalue weighted by molar-refractivity contribution is 5.80. The fourth-order valence-corrected chi connectivity index (χ4v) is 2.44. The molecule has 1 unspecified atom stereocenters. The Bertz CT molecular complexity index is 575. The lowest BCUT2D eigenvalue weighted by atomic mass is 9.86. The van der Waals surface area contributed by atoms with Gasteiger partial charge in [0.05, 0.1) is 11.9 Å². The Labute approximate surface area is 98.6 Å². The number of carbonyl (C=O) groups excluding carboxylic acids is 1. The van der Waals surface area contributed by atoms with Gasteiger partial charge in [-0.2, -0.15) is 9.61 Å². The first-order valence-corrected chi connectivity index (χ1v) is 5.86. The summed E-state index contributed by atoms with van der Waals surface area (Å²) in [6, 6.07) is 3.66. The first-order chi connectivity index (χ1) is 8.24. The van der Waals surface area contributed by atoms with E-state index in [1.807, 2.05) is 12.1 Å². The number of nitrogens with zero attached hydrogens (tertiary/aromatic N) is 3. The largest absolute Gasteiger partial charge is 0.384 e. The van der Waals surface area contributed by atoms with Gasteiger partial charge in [-0.15, -0.1) is 0 Å². The van der Waals surface area contributed by atoms with Gasteiger partial charge in [-0.1, -0.05) is 0 Å². The van der Waals surface area contributed by atoms with E-state index >= 15 is 0 Å². The van der Waals surface area contributed by atoms with Gasteiger partial charge in [0.15, 0.2) is 5.65 Å². The predicted octanol–water partition coefficient (Wildman–Crippen LogP) is 1.54. The summed E-state index contributed by atoms with van der Waals surface area (Å²) in [7, 11) is 0. The lowest BCUT2D eigenvalue weighted by Crippen LogP contribution is -2.15. The van der Waals surface area contributed by atoms with Gasteiger partial charge in [0, 0.05) is 30.9 Å². The molecule has 88 valence electrons. The molecule has 0 saturated heterocycles. The van der Waals surface area contributed by atoms with Gasteiger partial charge in [-0.05, 0) is 12.8 Å². The third-order valence-corrected chi connectivity index (χ3v) is 3.31. The molecule has 17 heavy (non-hydrogen) atoms. The van der Waals surface area contributed by atoms with Crippen LogP contribution >= 0.6 is 0 Å². The van der Waals surface area contributed by atoms with Crippen LogP contribution in [0.1, 0.15) is 37.3 Å². The number of fused-ring (bicyclic) bond motifs is 1. The minimum Gasteiger partial charge on any atom is -0.384 e. The van der Waals surface area contributed by atoms with E-state index in [4.69, 9.17) is 5.73 Å². The molecule has 0 radical (unpaired) electrons. The summed E-state index contributed by atoms with van der Waals surface area (Å²) < 4.78 is 1.61. The monoisotopic (exact) mass is 230 g/mol. The van der Waals surface area contributed by atoms with Gasteiger partial charge >= 0.3 is 0 Å². The molecule has 5 nitrogen and oxygen atoms in total. The van der Waals surface area contributed by atoms with E-state index in [0.29, 0.717) is 24.4 Å². The zero-order valence-corrected chi connectivity index (χ0v) is 9.47. The van der Waals surface area contributed by atoms with Crippen molar-refractivity contribution >= 4 is 17.2 Å². The molecule has 1 aliphatic carbocycles. The second kappa shape index (κ2) is 3.84. The van der Waals surface area contributed by atoms with Crippen molar-refractivity contribution in [2.24, 2.45) is 0 Å². The van der Waals surface area contributed by atoms with Crippen molar-refractivity contribution in [1.82, 2.24) is 14.6 Å². The molecular formula is C12H14N4O. The van der Waals surface area contributed by atoms with Crippen LogP contribution in [-0.2, 0) is 4.79 Å². The Hall–Kier alpha value is -1.91. The Morgan fingerprint density at radius 1 is 1.47 bits per heavy atom. The maximum atomic E-state index is 11.5. The molecule has 2 heterocycles. The summed E-state index contributed by atoms with van der Waals surface area (Å²) >= 11 is 0. The smallest absolute Gasteiger partial charge is 0.157 e. The third kappa shape index (κ3) is 1.77. The topological polar surface area (TPSA) is 73.3 Å². The molecule has 1 atom stereocenters. The second-order valence-electron chi connectivity index (χ2n) is 4.54. The van der Waals surface area contributed by atoms with Crippen LogP contribution in [0.25, 0.3) is 5.65 Å². The number of rotatable bonds is 1. The third-order valence-electron chi connectivity index (χ3n) is 3.31. The molecule has 2 N–H and O–H groups in total. The molecule has 2 aromatic rings. The number of ketones is 1. The van der Waals surface area contributed by atoms with Crippen molar-refractivity contribution in [2.45, 2.75) is 31.6 Å². The minimum atomic E-state index is 0.221. The Balaban J connectivity index is 2.01. The molecule has 1 saturated carbocycles. The molecule has 3 rings (SSSR count).